The highest BCUT2D eigenvalue weighted by Crippen LogP contribution is 2.26. The Balaban J connectivity index is 1.38. The third-order valence-corrected chi connectivity index (χ3v) is 5.71. The zero-order chi connectivity index (χ0) is 21.1. The van der Waals surface area contributed by atoms with Crippen LogP contribution in [0.15, 0.2) is 67.3 Å². The van der Waals surface area contributed by atoms with E-state index in [2.05, 4.69) is 17.2 Å². The number of amides is 2. The standard InChI is InChI=1S/C24H26N4O2/c1-3-18-4-8-22(9-5-18)28-15-20(14-23(28)29)24(30)26-17(2)19-6-10-21(11-7-19)27-13-12-25-16-27/h4-13,16-17,20H,3,14-15H2,1-2H3,(H,26,30)/t17-,20+/m1/s1. The van der Waals surface area contributed by atoms with E-state index in [9.17, 15) is 9.59 Å². The van der Waals surface area contributed by atoms with Crippen molar-refractivity contribution in [3.63, 3.8) is 0 Å². The molecule has 3 aromatic rings. The Morgan fingerprint density at radius 3 is 2.47 bits per heavy atom. The number of carbonyl (C=O) groups is 2. The van der Waals surface area contributed by atoms with Crippen LogP contribution in [0.1, 0.15) is 37.4 Å². The van der Waals surface area contributed by atoms with E-state index in [1.54, 1.807) is 17.4 Å². The minimum Gasteiger partial charge on any atom is -0.349 e. The molecular weight excluding hydrogens is 376 g/mol. The molecule has 6 nitrogen and oxygen atoms in total. The molecule has 0 aliphatic carbocycles. The lowest BCUT2D eigenvalue weighted by Gasteiger charge is -2.19. The van der Waals surface area contributed by atoms with Gasteiger partial charge in [-0.05, 0) is 48.7 Å². The van der Waals surface area contributed by atoms with Crippen LogP contribution in [0.4, 0.5) is 5.69 Å². The fourth-order valence-corrected chi connectivity index (χ4v) is 3.81. The molecule has 1 fully saturated rings. The summed E-state index contributed by atoms with van der Waals surface area (Å²) in [5.41, 5.74) is 4.12. The molecule has 0 unspecified atom stereocenters. The van der Waals surface area contributed by atoms with Crippen molar-refractivity contribution >= 4 is 17.5 Å². The van der Waals surface area contributed by atoms with Crippen LogP contribution < -0.4 is 10.2 Å². The smallest absolute Gasteiger partial charge is 0.227 e. The van der Waals surface area contributed by atoms with Crippen molar-refractivity contribution in [1.82, 2.24) is 14.9 Å². The highest BCUT2D eigenvalue weighted by Gasteiger charge is 2.35. The lowest BCUT2D eigenvalue weighted by Crippen LogP contribution is -2.34. The maximum Gasteiger partial charge on any atom is 0.227 e. The molecule has 30 heavy (non-hydrogen) atoms. The van der Waals surface area contributed by atoms with Crippen molar-refractivity contribution in [2.24, 2.45) is 5.92 Å². The van der Waals surface area contributed by atoms with Crippen molar-refractivity contribution in [2.75, 3.05) is 11.4 Å². The van der Waals surface area contributed by atoms with E-state index in [4.69, 9.17) is 0 Å². The van der Waals surface area contributed by atoms with Crippen molar-refractivity contribution in [3.8, 4) is 5.69 Å². The predicted octanol–water partition coefficient (Wildman–Crippen LogP) is 3.67. The van der Waals surface area contributed by atoms with Crippen LogP contribution in [-0.4, -0.2) is 27.9 Å². The number of benzene rings is 2. The number of anilines is 1. The summed E-state index contributed by atoms with van der Waals surface area (Å²) in [7, 11) is 0. The van der Waals surface area contributed by atoms with Gasteiger partial charge in [-0.3, -0.25) is 9.59 Å². The first kappa shape index (κ1) is 19.9. The number of imidazole rings is 1. The van der Waals surface area contributed by atoms with Crippen molar-refractivity contribution in [3.05, 3.63) is 78.4 Å². The first-order valence-corrected chi connectivity index (χ1v) is 10.3. The number of rotatable bonds is 6. The van der Waals surface area contributed by atoms with Gasteiger partial charge in [0.25, 0.3) is 0 Å². The highest BCUT2D eigenvalue weighted by atomic mass is 16.2. The average molecular weight is 402 g/mol. The molecule has 2 aromatic carbocycles. The van der Waals surface area contributed by atoms with Gasteiger partial charge >= 0.3 is 0 Å². The van der Waals surface area contributed by atoms with Crippen LogP contribution in [0.5, 0.6) is 0 Å². The number of carbonyl (C=O) groups excluding carboxylic acids is 2. The zero-order valence-corrected chi connectivity index (χ0v) is 17.3. The second-order valence-electron chi connectivity index (χ2n) is 7.72. The van der Waals surface area contributed by atoms with Gasteiger partial charge in [-0.1, -0.05) is 31.2 Å². The van der Waals surface area contributed by atoms with E-state index in [0.717, 1.165) is 23.4 Å². The Bertz CT molecular complexity index is 1010. The van der Waals surface area contributed by atoms with Crippen LogP contribution in [-0.2, 0) is 16.0 Å². The molecule has 6 heteroatoms. The van der Waals surface area contributed by atoms with Crippen LogP contribution >= 0.6 is 0 Å². The normalized spacial score (nSPS) is 17.2. The van der Waals surface area contributed by atoms with Gasteiger partial charge in [0.1, 0.15) is 0 Å². The quantitative estimate of drug-likeness (QED) is 0.684. The molecule has 1 aliphatic rings. The van der Waals surface area contributed by atoms with Gasteiger partial charge in [0.2, 0.25) is 11.8 Å². The van der Waals surface area contributed by atoms with Gasteiger partial charge in [-0.25, -0.2) is 4.98 Å². The molecule has 1 saturated heterocycles. The summed E-state index contributed by atoms with van der Waals surface area (Å²) in [6.07, 6.45) is 6.58. The number of hydrogen-bond acceptors (Lipinski definition) is 3. The lowest BCUT2D eigenvalue weighted by molar-refractivity contribution is -0.126. The Morgan fingerprint density at radius 2 is 1.83 bits per heavy atom. The molecular formula is C24H26N4O2. The van der Waals surface area contributed by atoms with E-state index in [1.165, 1.54) is 5.56 Å². The molecule has 2 heterocycles. The minimum absolute atomic E-state index is 0.00302. The number of hydrogen-bond donors (Lipinski definition) is 1. The molecule has 1 aromatic heterocycles. The van der Waals surface area contributed by atoms with Gasteiger partial charge in [0, 0.05) is 36.7 Å². The second-order valence-corrected chi connectivity index (χ2v) is 7.72. The first-order chi connectivity index (χ1) is 14.5. The SMILES string of the molecule is CCc1ccc(N2C[C@@H](C(=O)N[C@H](C)c3ccc(-n4ccnc4)cc3)CC2=O)cc1. The summed E-state index contributed by atoms with van der Waals surface area (Å²) in [4.78, 5) is 31.1. The van der Waals surface area contributed by atoms with Gasteiger partial charge in [0.15, 0.2) is 0 Å². The van der Waals surface area contributed by atoms with E-state index in [1.807, 2.05) is 66.2 Å². The zero-order valence-electron chi connectivity index (χ0n) is 17.3. The second kappa shape index (κ2) is 8.53. The average Bonchev–Trinajstić information content (AvgIpc) is 3.44. The molecule has 0 spiro atoms. The van der Waals surface area contributed by atoms with Crippen molar-refractivity contribution in [1.29, 1.82) is 0 Å². The molecule has 2 atom stereocenters. The van der Waals surface area contributed by atoms with Crippen molar-refractivity contribution in [2.45, 2.75) is 32.7 Å². The predicted molar refractivity (Wildman–Crippen MR) is 116 cm³/mol. The third kappa shape index (κ3) is 4.13. The highest BCUT2D eigenvalue weighted by molar-refractivity contribution is 6.00. The van der Waals surface area contributed by atoms with Crippen molar-refractivity contribution < 1.29 is 9.59 Å². The molecule has 154 valence electrons. The number of aryl methyl sites for hydroxylation is 1. The first-order valence-electron chi connectivity index (χ1n) is 10.3. The number of nitrogens with zero attached hydrogens (tertiary/aromatic N) is 3. The third-order valence-electron chi connectivity index (χ3n) is 5.71. The summed E-state index contributed by atoms with van der Waals surface area (Å²) in [5, 5.41) is 3.07. The summed E-state index contributed by atoms with van der Waals surface area (Å²) in [5.74, 6) is -0.421. The largest absolute Gasteiger partial charge is 0.349 e. The molecule has 0 radical (unpaired) electrons. The van der Waals surface area contributed by atoms with E-state index >= 15 is 0 Å². The monoisotopic (exact) mass is 402 g/mol. The molecule has 1 N–H and O–H groups in total. The fraction of sp³-hybridized carbons (Fsp3) is 0.292. The van der Waals surface area contributed by atoms with Crippen LogP contribution in [0.2, 0.25) is 0 Å². The minimum atomic E-state index is -0.337. The maximum absolute atomic E-state index is 12.8. The van der Waals surface area contributed by atoms with Gasteiger partial charge in [0.05, 0.1) is 18.3 Å². The van der Waals surface area contributed by atoms with Gasteiger partial charge in [-0.2, -0.15) is 0 Å². The molecule has 0 bridgehead atoms. The molecule has 1 aliphatic heterocycles. The maximum atomic E-state index is 12.8. The van der Waals surface area contributed by atoms with Crippen LogP contribution in [0.25, 0.3) is 5.69 Å². The molecule has 2 amide bonds. The number of nitrogens with one attached hydrogen (secondary N) is 1. The summed E-state index contributed by atoms with van der Waals surface area (Å²) in [6, 6.07) is 15.9. The van der Waals surface area contributed by atoms with Gasteiger partial charge < -0.3 is 14.8 Å². The topological polar surface area (TPSA) is 67.2 Å². The van der Waals surface area contributed by atoms with Crippen LogP contribution in [0, 0.1) is 5.92 Å². The molecule has 4 rings (SSSR count). The lowest BCUT2D eigenvalue weighted by atomic mass is 10.0. The summed E-state index contributed by atoms with van der Waals surface area (Å²) >= 11 is 0. The Morgan fingerprint density at radius 1 is 1.13 bits per heavy atom. The van der Waals surface area contributed by atoms with E-state index in [0.29, 0.717) is 6.54 Å². The summed E-state index contributed by atoms with van der Waals surface area (Å²) < 4.78 is 1.93. The van der Waals surface area contributed by atoms with E-state index < -0.39 is 0 Å². The Kier molecular flexibility index (Phi) is 5.65. The number of aromatic nitrogens is 2. The Labute approximate surface area is 176 Å². The Hall–Kier alpha value is -3.41. The summed E-state index contributed by atoms with van der Waals surface area (Å²) in [6.45, 7) is 4.48. The van der Waals surface area contributed by atoms with E-state index in [-0.39, 0.29) is 30.2 Å². The molecule has 0 saturated carbocycles. The van der Waals surface area contributed by atoms with Crippen LogP contribution in [0.3, 0.4) is 0 Å². The van der Waals surface area contributed by atoms with Gasteiger partial charge in [-0.15, -0.1) is 0 Å². The fourth-order valence-electron chi connectivity index (χ4n) is 3.81.